The first-order valence-corrected chi connectivity index (χ1v) is 8.82. The number of hydrogen-bond acceptors (Lipinski definition) is 2. The van der Waals surface area contributed by atoms with Gasteiger partial charge in [-0.2, -0.15) is 0 Å². The van der Waals surface area contributed by atoms with E-state index in [0.717, 1.165) is 47.4 Å². The third kappa shape index (κ3) is 6.14. The van der Waals surface area contributed by atoms with Gasteiger partial charge in [0.15, 0.2) is 0 Å². The number of ether oxygens (including phenoxy) is 1. The number of terminal acetylenes is 1. The van der Waals surface area contributed by atoms with E-state index >= 15 is 0 Å². The maximum absolute atomic E-state index is 12.1. The van der Waals surface area contributed by atoms with Crippen molar-refractivity contribution in [3.05, 3.63) is 65.2 Å². The van der Waals surface area contributed by atoms with E-state index in [1.54, 1.807) is 6.08 Å². The molecule has 0 aliphatic rings. The monoisotopic (exact) mass is 347 g/mol. The number of para-hydroxylation sites is 1. The highest BCUT2D eigenvalue weighted by molar-refractivity contribution is 6.02. The maximum Gasteiger partial charge on any atom is 0.248 e. The van der Waals surface area contributed by atoms with E-state index in [0.29, 0.717) is 6.61 Å². The summed E-state index contributed by atoms with van der Waals surface area (Å²) in [7, 11) is 0. The molecule has 1 N–H and O–H groups in total. The van der Waals surface area contributed by atoms with Crippen molar-refractivity contribution in [2.24, 2.45) is 0 Å². The smallest absolute Gasteiger partial charge is 0.248 e. The Morgan fingerprint density at radius 2 is 1.96 bits per heavy atom. The largest absolute Gasteiger partial charge is 0.493 e. The number of benzene rings is 2. The minimum absolute atomic E-state index is 0.156. The number of carbonyl (C=O) groups is 1. The molecule has 26 heavy (non-hydrogen) atoms. The zero-order valence-corrected chi connectivity index (χ0v) is 15.4. The van der Waals surface area contributed by atoms with Crippen LogP contribution in [0.5, 0.6) is 5.75 Å². The molecule has 2 rings (SSSR count). The number of aryl methyl sites for hydroxylation is 2. The molecule has 0 aliphatic carbocycles. The quantitative estimate of drug-likeness (QED) is 0.408. The molecule has 0 spiro atoms. The number of hydrogen-bond donors (Lipinski definition) is 1. The average molecular weight is 347 g/mol. The highest BCUT2D eigenvalue weighted by Gasteiger charge is 2.03. The van der Waals surface area contributed by atoms with E-state index in [-0.39, 0.29) is 5.91 Å². The molecule has 0 radical (unpaired) electrons. The van der Waals surface area contributed by atoms with Gasteiger partial charge in [-0.05, 0) is 61.6 Å². The molecule has 0 aliphatic heterocycles. The molecule has 2 aromatic carbocycles. The number of carbonyl (C=O) groups excluding carboxylic acids is 1. The Morgan fingerprint density at radius 1 is 1.15 bits per heavy atom. The lowest BCUT2D eigenvalue weighted by molar-refractivity contribution is -0.111. The van der Waals surface area contributed by atoms with Crippen LogP contribution in [0.2, 0.25) is 0 Å². The Bertz CT molecular complexity index is 815. The molecule has 134 valence electrons. The van der Waals surface area contributed by atoms with Gasteiger partial charge >= 0.3 is 0 Å². The molecule has 1 amide bonds. The fourth-order valence-corrected chi connectivity index (χ4v) is 2.45. The van der Waals surface area contributed by atoms with E-state index in [4.69, 9.17) is 11.2 Å². The van der Waals surface area contributed by atoms with E-state index in [9.17, 15) is 4.79 Å². The van der Waals surface area contributed by atoms with Gasteiger partial charge in [0.1, 0.15) is 5.75 Å². The summed E-state index contributed by atoms with van der Waals surface area (Å²) in [5, 5.41) is 2.89. The van der Waals surface area contributed by atoms with Gasteiger partial charge in [-0.15, -0.1) is 12.3 Å². The summed E-state index contributed by atoms with van der Waals surface area (Å²) in [5.41, 5.74) is 3.85. The van der Waals surface area contributed by atoms with Crippen molar-refractivity contribution in [1.82, 2.24) is 0 Å². The molecule has 0 heterocycles. The average Bonchev–Trinajstić information content (AvgIpc) is 2.64. The van der Waals surface area contributed by atoms with Gasteiger partial charge < -0.3 is 10.1 Å². The summed E-state index contributed by atoms with van der Waals surface area (Å²) in [6.45, 7) is 4.62. The lowest BCUT2D eigenvalue weighted by Crippen LogP contribution is -2.08. The third-order valence-electron chi connectivity index (χ3n) is 4.02. The molecule has 0 saturated carbocycles. The van der Waals surface area contributed by atoms with Gasteiger partial charge in [-0.1, -0.05) is 30.3 Å². The summed E-state index contributed by atoms with van der Waals surface area (Å²) in [4.78, 5) is 12.1. The van der Waals surface area contributed by atoms with E-state index in [1.807, 2.05) is 56.3 Å². The first-order chi connectivity index (χ1) is 12.6. The normalized spacial score (nSPS) is 10.5. The fraction of sp³-hybridized carbons (Fsp3) is 0.261. The van der Waals surface area contributed by atoms with Crippen LogP contribution in [0.25, 0.3) is 6.08 Å². The van der Waals surface area contributed by atoms with Crippen LogP contribution in [0.15, 0.2) is 48.5 Å². The Hall–Kier alpha value is -2.99. The van der Waals surface area contributed by atoms with Crippen molar-refractivity contribution >= 4 is 17.7 Å². The van der Waals surface area contributed by atoms with Crippen molar-refractivity contribution in [2.45, 2.75) is 33.1 Å². The van der Waals surface area contributed by atoms with Gasteiger partial charge in [-0.25, -0.2) is 0 Å². The highest BCUT2D eigenvalue weighted by atomic mass is 16.5. The van der Waals surface area contributed by atoms with Crippen LogP contribution in [-0.4, -0.2) is 12.5 Å². The van der Waals surface area contributed by atoms with Gasteiger partial charge in [-0.3, -0.25) is 4.79 Å². The van der Waals surface area contributed by atoms with E-state index in [2.05, 4.69) is 11.2 Å². The summed E-state index contributed by atoms with van der Waals surface area (Å²) in [5.74, 6) is 3.32. The molecule has 0 saturated heterocycles. The Labute approximate surface area is 156 Å². The Morgan fingerprint density at radius 3 is 2.73 bits per heavy atom. The second-order valence-electron chi connectivity index (χ2n) is 6.17. The summed E-state index contributed by atoms with van der Waals surface area (Å²) < 4.78 is 5.84. The highest BCUT2D eigenvalue weighted by Crippen LogP contribution is 2.21. The second-order valence-corrected chi connectivity index (χ2v) is 6.17. The van der Waals surface area contributed by atoms with E-state index in [1.165, 1.54) is 6.08 Å². The van der Waals surface area contributed by atoms with Crippen LogP contribution in [-0.2, 0) is 4.79 Å². The molecule has 0 fully saturated rings. The third-order valence-corrected chi connectivity index (χ3v) is 4.02. The molecule has 2 aromatic rings. The lowest BCUT2D eigenvalue weighted by atomic mass is 10.1. The molecular formula is C23H25NO2. The lowest BCUT2D eigenvalue weighted by Gasteiger charge is -2.09. The van der Waals surface area contributed by atoms with Crippen molar-refractivity contribution in [2.75, 3.05) is 11.9 Å². The topological polar surface area (TPSA) is 38.3 Å². The van der Waals surface area contributed by atoms with Crippen LogP contribution < -0.4 is 10.1 Å². The zero-order chi connectivity index (χ0) is 18.8. The molecule has 0 atom stereocenters. The van der Waals surface area contributed by atoms with Crippen LogP contribution in [0.3, 0.4) is 0 Å². The SMILES string of the molecule is C#CCCCCOc1cc(/C=C/C(=O)Nc2ccccc2C)ccc1C. The first kappa shape index (κ1) is 19.3. The first-order valence-electron chi connectivity index (χ1n) is 8.82. The molecule has 3 heteroatoms. The van der Waals surface area contributed by atoms with Gasteiger partial charge in [0, 0.05) is 18.2 Å². The molecule has 3 nitrogen and oxygen atoms in total. The Balaban J connectivity index is 1.95. The number of anilines is 1. The number of unbranched alkanes of at least 4 members (excludes halogenated alkanes) is 2. The van der Waals surface area contributed by atoms with Crippen LogP contribution in [0, 0.1) is 26.2 Å². The Kier molecular flexibility index (Phi) is 7.51. The van der Waals surface area contributed by atoms with Crippen molar-refractivity contribution < 1.29 is 9.53 Å². The minimum Gasteiger partial charge on any atom is -0.493 e. The summed E-state index contributed by atoms with van der Waals surface area (Å²) in [6, 6.07) is 13.6. The molecular weight excluding hydrogens is 322 g/mol. The fourth-order valence-electron chi connectivity index (χ4n) is 2.45. The minimum atomic E-state index is -0.156. The molecule has 0 bridgehead atoms. The number of amides is 1. The summed E-state index contributed by atoms with van der Waals surface area (Å²) in [6.07, 6.45) is 11.3. The molecule has 0 unspecified atom stereocenters. The van der Waals surface area contributed by atoms with Gasteiger partial charge in [0.25, 0.3) is 0 Å². The van der Waals surface area contributed by atoms with Crippen LogP contribution in [0.1, 0.15) is 36.0 Å². The predicted molar refractivity (Wildman–Crippen MR) is 108 cm³/mol. The van der Waals surface area contributed by atoms with Crippen LogP contribution in [0.4, 0.5) is 5.69 Å². The van der Waals surface area contributed by atoms with Crippen molar-refractivity contribution in [3.8, 4) is 18.1 Å². The predicted octanol–water partition coefficient (Wildman–Crippen LogP) is 5.14. The summed E-state index contributed by atoms with van der Waals surface area (Å²) >= 11 is 0. The van der Waals surface area contributed by atoms with E-state index < -0.39 is 0 Å². The molecule has 0 aromatic heterocycles. The van der Waals surface area contributed by atoms with Crippen molar-refractivity contribution in [1.29, 1.82) is 0 Å². The van der Waals surface area contributed by atoms with Crippen molar-refractivity contribution in [3.63, 3.8) is 0 Å². The maximum atomic E-state index is 12.1. The van der Waals surface area contributed by atoms with Gasteiger partial charge in [0.05, 0.1) is 6.61 Å². The van der Waals surface area contributed by atoms with Crippen LogP contribution >= 0.6 is 0 Å². The number of rotatable bonds is 8. The zero-order valence-electron chi connectivity index (χ0n) is 15.4. The van der Waals surface area contributed by atoms with Gasteiger partial charge in [0.2, 0.25) is 5.91 Å². The second kappa shape index (κ2) is 10.1. The standard InChI is InChI=1S/C23H25NO2/c1-4-5-6-9-16-26-22-17-20(13-12-19(22)3)14-15-23(25)24-21-11-8-7-10-18(21)2/h1,7-8,10-15,17H,5-6,9,16H2,2-3H3,(H,24,25)/b15-14+. The number of nitrogens with one attached hydrogen (secondary N) is 1.